The van der Waals surface area contributed by atoms with E-state index in [-0.39, 0.29) is 11.6 Å². The number of benzene rings is 3. The Kier molecular flexibility index (Phi) is 4.82. The van der Waals surface area contributed by atoms with E-state index in [1.54, 1.807) is 42.5 Å². The molecule has 0 saturated carbocycles. The first-order chi connectivity index (χ1) is 11.7. The van der Waals surface area contributed by atoms with Gasteiger partial charge in [-0.2, -0.15) is 0 Å². The van der Waals surface area contributed by atoms with Gasteiger partial charge in [-0.25, -0.2) is 4.39 Å². The smallest absolute Gasteiger partial charge is 0.185 e. The average molecular weight is 318 g/mol. The Bertz CT molecular complexity index is 853. The van der Waals surface area contributed by atoms with Gasteiger partial charge in [-0.1, -0.05) is 36.4 Å². The predicted molar refractivity (Wildman–Crippen MR) is 92.7 cm³/mol. The molecule has 0 saturated heterocycles. The van der Waals surface area contributed by atoms with Crippen LogP contribution in [-0.4, -0.2) is 5.78 Å². The van der Waals surface area contributed by atoms with E-state index in [9.17, 15) is 9.18 Å². The molecule has 0 radical (unpaired) electrons. The zero-order chi connectivity index (χ0) is 16.8. The van der Waals surface area contributed by atoms with Crippen LogP contribution in [0.1, 0.15) is 15.9 Å². The minimum atomic E-state index is -0.327. The molecule has 0 aliphatic carbocycles. The van der Waals surface area contributed by atoms with Gasteiger partial charge in [0.15, 0.2) is 5.78 Å². The number of halogens is 1. The summed E-state index contributed by atoms with van der Waals surface area (Å²) in [5, 5.41) is 0. The van der Waals surface area contributed by atoms with E-state index in [2.05, 4.69) is 0 Å². The Morgan fingerprint density at radius 2 is 1.54 bits per heavy atom. The quantitative estimate of drug-likeness (QED) is 0.458. The second-order valence-corrected chi connectivity index (χ2v) is 5.19. The van der Waals surface area contributed by atoms with Gasteiger partial charge in [-0.3, -0.25) is 4.79 Å². The average Bonchev–Trinajstić information content (AvgIpc) is 2.61. The van der Waals surface area contributed by atoms with E-state index < -0.39 is 0 Å². The fourth-order valence-electron chi connectivity index (χ4n) is 2.19. The molecule has 0 heterocycles. The molecule has 0 aliphatic rings. The fraction of sp³-hybridized carbons (Fsp3) is 0. The molecule has 0 fully saturated rings. The highest BCUT2D eigenvalue weighted by molar-refractivity contribution is 6.06. The number of hydrogen-bond acceptors (Lipinski definition) is 2. The van der Waals surface area contributed by atoms with Crippen molar-refractivity contribution in [3.8, 4) is 11.5 Å². The molecule has 0 amide bonds. The third kappa shape index (κ3) is 4.17. The van der Waals surface area contributed by atoms with Crippen LogP contribution in [0.25, 0.3) is 6.08 Å². The van der Waals surface area contributed by atoms with Crippen LogP contribution >= 0.6 is 0 Å². The van der Waals surface area contributed by atoms with E-state index >= 15 is 0 Å². The lowest BCUT2D eigenvalue weighted by atomic mass is 10.1. The highest BCUT2D eigenvalue weighted by Crippen LogP contribution is 2.21. The molecule has 0 unspecified atom stereocenters. The Balaban J connectivity index is 1.67. The molecule has 24 heavy (non-hydrogen) atoms. The first kappa shape index (κ1) is 15.7. The Morgan fingerprint density at radius 1 is 0.833 bits per heavy atom. The zero-order valence-electron chi connectivity index (χ0n) is 12.9. The van der Waals surface area contributed by atoms with Crippen molar-refractivity contribution in [2.45, 2.75) is 0 Å². The number of ketones is 1. The van der Waals surface area contributed by atoms with Crippen LogP contribution in [0.4, 0.5) is 4.39 Å². The summed E-state index contributed by atoms with van der Waals surface area (Å²) in [7, 11) is 0. The Hall–Kier alpha value is -3.20. The van der Waals surface area contributed by atoms with Crippen LogP contribution < -0.4 is 4.74 Å². The van der Waals surface area contributed by atoms with Crippen molar-refractivity contribution in [2.24, 2.45) is 0 Å². The molecule has 3 aromatic rings. The maximum Gasteiger partial charge on any atom is 0.185 e. The predicted octanol–water partition coefficient (Wildman–Crippen LogP) is 5.51. The van der Waals surface area contributed by atoms with Crippen molar-refractivity contribution in [1.82, 2.24) is 0 Å². The molecule has 3 rings (SSSR count). The summed E-state index contributed by atoms with van der Waals surface area (Å²) in [6.07, 6.45) is 3.03. The maximum atomic E-state index is 13.1. The molecular formula is C21H15FO2. The molecule has 3 heteroatoms. The number of para-hydroxylation sites is 1. The Morgan fingerprint density at radius 3 is 2.25 bits per heavy atom. The number of ether oxygens (including phenoxy) is 1. The van der Waals surface area contributed by atoms with E-state index in [1.807, 2.05) is 30.3 Å². The van der Waals surface area contributed by atoms with Gasteiger partial charge >= 0.3 is 0 Å². The van der Waals surface area contributed by atoms with E-state index in [1.165, 1.54) is 18.2 Å². The lowest BCUT2D eigenvalue weighted by molar-refractivity contribution is 0.104. The molecule has 2 nitrogen and oxygen atoms in total. The van der Waals surface area contributed by atoms with E-state index in [0.29, 0.717) is 16.9 Å². The van der Waals surface area contributed by atoms with Gasteiger partial charge in [0, 0.05) is 5.56 Å². The number of carbonyl (C=O) groups excluding carboxylic acids is 1. The standard InChI is InChI=1S/C21H15FO2/c22-18-6-4-5-16(15-18)9-14-21(23)17-10-12-20(13-11-17)24-19-7-2-1-3-8-19/h1-15H. The van der Waals surface area contributed by atoms with Crippen molar-refractivity contribution < 1.29 is 13.9 Å². The van der Waals surface area contributed by atoms with Crippen LogP contribution in [0.2, 0.25) is 0 Å². The van der Waals surface area contributed by atoms with Gasteiger partial charge < -0.3 is 4.74 Å². The van der Waals surface area contributed by atoms with Gasteiger partial charge in [0.2, 0.25) is 0 Å². The highest BCUT2D eigenvalue weighted by atomic mass is 19.1. The molecule has 118 valence electrons. The van der Waals surface area contributed by atoms with Crippen LogP contribution in [-0.2, 0) is 0 Å². The van der Waals surface area contributed by atoms with E-state index in [0.717, 1.165) is 5.75 Å². The van der Waals surface area contributed by atoms with Gasteiger partial charge in [-0.15, -0.1) is 0 Å². The van der Waals surface area contributed by atoms with Crippen molar-refractivity contribution >= 4 is 11.9 Å². The number of carbonyl (C=O) groups is 1. The summed E-state index contributed by atoms with van der Waals surface area (Å²) in [4.78, 5) is 12.2. The van der Waals surface area contributed by atoms with Gasteiger partial charge in [0.05, 0.1) is 0 Å². The third-order valence-corrected chi connectivity index (χ3v) is 3.39. The minimum Gasteiger partial charge on any atom is -0.457 e. The number of rotatable bonds is 5. The summed E-state index contributed by atoms with van der Waals surface area (Å²) in [6, 6.07) is 22.4. The first-order valence-electron chi connectivity index (χ1n) is 7.52. The van der Waals surface area contributed by atoms with Crippen molar-refractivity contribution in [3.05, 3.63) is 102 Å². The Labute approximate surface area is 139 Å². The number of hydrogen-bond donors (Lipinski definition) is 0. The van der Waals surface area contributed by atoms with Crippen molar-refractivity contribution in [1.29, 1.82) is 0 Å². The molecule has 3 aromatic carbocycles. The summed E-state index contributed by atoms with van der Waals surface area (Å²) in [6.45, 7) is 0. The summed E-state index contributed by atoms with van der Waals surface area (Å²) in [5.74, 6) is 0.923. The maximum absolute atomic E-state index is 13.1. The second-order valence-electron chi connectivity index (χ2n) is 5.19. The third-order valence-electron chi connectivity index (χ3n) is 3.39. The lowest BCUT2D eigenvalue weighted by Crippen LogP contribution is -1.94. The largest absolute Gasteiger partial charge is 0.457 e. The first-order valence-corrected chi connectivity index (χ1v) is 7.52. The van der Waals surface area contributed by atoms with Crippen molar-refractivity contribution in [2.75, 3.05) is 0 Å². The fourth-order valence-corrected chi connectivity index (χ4v) is 2.19. The normalized spacial score (nSPS) is 10.7. The van der Waals surface area contributed by atoms with Crippen LogP contribution in [0.5, 0.6) is 11.5 Å². The summed E-state index contributed by atoms with van der Waals surface area (Å²) >= 11 is 0. The molecule has 0 aromatic heterocycles. The van der Waals surface area contributed by atoms with Gasteiger partial charge in [0.25, 0.3) is 0 Å². The van der Waals surface area contributed by atoms with Gasteiger partial charge in [-0.05, 0) is 60.2 Å². The monoisotopic (exact) mass is 318 g/mol. The summed E-state index contributed by atoms with van der Waals surface area (Å²) in [5.41, 5.74) is 1.19. The zero-order valence-corrected chi connectivity index (χ0v) is 12.9. The van der Waals surface area contributed by atoms with Gasteiger partial charge in [0.1, 0.15) is 17.3 Å². The van der Waals surface area contributed by atoms with Crippen LogP contribution in [0.3, 0.4) is 0 Å². The highest BCUT2D eigenvalue weighted by Gasteiger charge is 2.03. The van der Waals surface area contributed by atoms with Crippen LogP contribution in [0.15, 0.2) is 84.9 Å². The van der Waals surface area contributed by atoms with E-state index in [4.69, 9.17) is 4.74 Å². The molecule has 0 aliphatic heterocycles. The number of allylic oxidation sites excluding steroid dienone is 1. The second kappa shape index (κ2) is 7.38. The topological polar surface area (TPSA) is 26.3 Å². The molecular weight excluding hydrogens is 303 g/mol. The molecule has 0 bridgehead atoms. The molecule has 0 atom stereocenters. The SMILES string of the molecule is O=C(C=Cc1cccc(F)c1)c1ccc(Oc2ccccc2)cc1. The summed E-state index contributed by atoms with van der Waals surface area (Å²) < 4.78 is 18.8. The minimum absolute atomic E-state index is 0.148. The van der Waals surface area contributed by atoms with Crippen molar-refractivity contribution in [3.63, 3.8) is 0 Å². The molecule has 0 spiro atoms. The molecule has 0 N–H and O–H groups in total. The lowest BCUT2D eigenvalue weighted by Gasteiger charge is -2.05. The van der Waals surface area contributed by atoms with Crippen LogP contribution in [0, 0.1) is 5.82 Å².